The predicted octanol–water partition coefficient (Wildman–Crippen LogP) is 0.982. The van der Waals surface area contributed by atoms with Gasteiger partial charge in [0.2, 0.25) is 5.91 Å². The Morgan fingerprint density at radius 2 is 1.85 bits per heavy atom. The molecule has 1 aromatic rings. The van der Waals surface area contributed by atoms with Gasteiger partial charge in [0.25, 0.3) is 0 Å². The summed E-state index contributed by atoms with van der Waals surface area (Å²) in [7, 11) is 0. The highest BCUT2D eigenvalue weighted by Gasteiger charge is 2.04. The smallest absolute Gasteiger partial charge is 0.220 e. The number of nitrogens with one attached hydrogen (secondary N) is 1. The van der Waals surface area contributed by atoms with E-state index in [0.717, 1.165) is 11.1 Å². The first-order valence-corrected chi connectivity index (χ1v) is 6.64. The normalized spacial score (nSPS) is 10.2. The molecule has 5 nitrogen and oxygen atoms in total. The number of amides is 1. The highest BCUT2D eigenvalue weighted by molar-refractivity contribution is 6.32. The van der Waals surface area contributed by atoms with Crippen LogP contribution in [0.5, 0.6) is 5.75 Å². The number of carboxylic acid groups (broad SMARTS) is 1. The molecule has 0 atom stereocenters. The van der Waals surface area contributed by atoms with E-state index in [0.29, 0.717) is 23.9 Å². The van der Waals surface area contributed by atoms with Gasteiger partial charge >= 0.3 is 0 Å². The third-order valence-electron chi connectivity index (χ3n) is 2.66. The van der Waals surface area contributed by atoms with Gasteiger partial charge in [-0.3, -0.25) is 4.79 Å². The Hall–Kier alpha value is -1.75. The SMILES string of the molecule is Cc1cc(OCCNC(=O)CCC(=O)[O-])cc(C)c1Cl. The van der Waals surface area contributed by atoms with E-state index < -0.39 is 5.97 Å². The number of carbonyl (C=O) groups is 2. The number of carbonyl (C=O) groups excluding carboxylic acids is 2. The fraction of sp³-hybridized carbons (Fsp3) is 0.429. The quantitative estimate of drug-likeness (QED) is 0.761. The number of hydrogen-bond acceptors (Lipinski definition) is 4. The van der Waals surface area contributed by atoms with Gasteiger partial charge in [-0.25, -0.2) is 0 Å². The lowest BCUT2D eigenvalue weighted by atomic mass is 10.1. The summed E-state index contributed by atoms with van der Waals surface area (Å²) in [6, 6.07) is 3.65. The minimum atomic E-state index is -1.23. The van der Waals surface area contributed by atoms with Crippen molar-refractivity contribution in [3.8, 4) is 5.75 Å². The first-order chi connectivity index (χ1) is 9.40. The molecule has 110 valence electrons. The van der Waals surface area contributed by atoms with Crippen LogP contribution in [0.3, 0.4) is 0 Å². The second-order valence-electron chi connectivity index (χ2n) is 4.44. The van der Waals surface area contributed by atoms with Crippen LogP contribution in [0, 0.1) is 13.8 Å². The molecule has 1 N–H and O–H groups in total. The minimum Gasteiger partial charge on any atom is -0.550 e. The molecule has 0 bridgehead atoms. The van der Waals surface area contributed by atoms with Crippen LogP contribution in [-0.4, -0.2) is 25.0 Å². The lowest BCUT2D eigenvalue weighted by Crippen LogP contribution is -2.30. The van der Waals surface area contributed by atoms with Crippen molar-refractivity contribution in [1.82, 2.24) is 5.32 Å². The predicted molar refractivity (Wildman–Crippen MR) is 73.7 cm³/mol. The third-order valence-corrected chi connectivity index (χ3v) is 3.26. The van der Waals surface area contributed by atoms with E-state index in [2.05, 4.69) is 5.32 Å². The van der Waals surface area contributed by atoms with Crippen LogP contribution in [0.4, 0.5) is 0 Å². The van der Waals surface area contributed by atoms with Crippen LogP contribution >= 0.6 is 11.6 Å². The Morgan fingerprint density at radius 3 is 2.40 bits per heavy atom. The molecule has 1 rings (SSSR count). The molecule has 0 aliphatic heterocycles. The Kier molecular flexibility index (Phi) is 6.31. The van der Waals surface area contributed by atoms with Crippen molar-refractivity contribution in [2.24, 2.45) is 0 Å². The number of benzene rings is 1. The molecular formula is C14H17ClNO4-. The van der Waals surface area contributed by atoms with Gasteiger partial charge in [0.1, 0.15) is 12.4 Å². The maximum absolute atomic E-state index is 11.2. The number of carboxylic acids is 1. The topological polar surface area (TPSA) is 78.5 Å². The summed E-state index contributed by atoms with van der Waals surface area (Å²) < 4.78 is 5.50. The maximum Gasteiger partial charge on any atom is 0.220 e. The van der Waals surface area contributed by atoms with E-state index in [9.17, 15) is 14.7 Å². The molecule has 0 saturated heterocycles. The molecule has 0 aliphatic carbocycles. The number of aryl methyl sites for hydroxylation is 2. The van der Waals surface area contributed by atoms with Gasteiger partial charge < -0.3 is 20.0 Å². The average molecular weight is 299 g/mol. The fourth-order valence-corrected chi connectivity index (χ4v) is 1.76. The summed E-state index contributed by atoms with van der Waals surface area (Å²) >= 11 is 6.05. The zero-order valence-electron chi connectivity index (χ0n) is 11.5. The molecule has 0 radical (unpaired) electrons. The van der Waals surface area contributed by atoms with E-state index in [4.69, 9.17) is 16.3 Å². The fourth-order valence-electron chi connectivity index (χ4n) is 1.65. The standard InChI is InChI=1S/C14H18ClNO4/c1-9-7-11(8-10(2)14(9)15)20-6-5-16-12(17)3-4-13(18)19/h7-8H,3-6H2,1-2H3,(H,16,17)(H,18,19)/p-1. The zero-order chi connectivity index (χ0) is 15.1. The first kappa shape index (κ1) is 16.3. The monoisotopic (exact) mass is 298 g/mol. The van der Waals surface area contributed by atoms with Crippen molar-refractivity contribution < 1.29 is 19.4 Å². The van der Waals surface area contributed by atoms with Crippen molar-refractivity contribution in [2.45, 2.75) is 26.7 Å². The van der Waals surface area contributed by atoms with Gasteiger partial charge in [0.15, 0.2) is 0 Å². The maximum atomic E-state index is 11.2. The lowest BCUT2D eigenvalue weighted by molar-refractivity contribution is -0.305. The van der Waals surface area contributed by atoms with E-state index in [1.807, 2.05) is 26.0 Å². The van der Waals surface area contributed by atoms with Crippen LogP contribution in [0.2, 0.25) is 5.02 Å². The van der Waals surface area contributed by atoms with Gasteiger partial charge in [-0.05, 0) is 43.5 Å². The second kappa shape index (κ2) is 7.75. The molecule has 20 heavy (non-hydrogen) atoms. The molecule has 1 aromatic carbocycles. The van der Waals surface area contributed by atoms with E-state index >= 15 is 0 Å². The van der Waals surface area contributed by atoms with Crippen LogP contribution in [0.25, 0.3) is 0 Å². The molecule has 0 unspecified atom stereocenters. The lowest BCUT2D eigenvalue weighted by Gasteiger charge is -2.10. The van der Waals surface area contributed by atoms with Crippen LogP contribution in [0.1, 0.15) is 24.0 Å². The number of halogens is 1. The van der Waals surface area contributed by atoms with Crippen LogP contribution in [-0.2, 0) is 9.59 Å². The molecule has 6 heteroatoms. The van der Waals surface area contributed by atoms with Crippen molar-refractivity contribution in [1.29, 1.82) is 0 Å². The molecule has 0 fully saturated rings. The average Bonchev–Trinajstić information content (AvgIpc) is 2.38. The van der Waals surface area contributed by atoms with Crippen LogP contribution < -0.4 is 15.2 Å². The summed E-state index contributed by atoms with van der Waals surface area (Å²) in [6.45, 7) is 4.40. The van der Waals surface area contributed by atoms with Crippen LogP contribution in [0.15, 0.2) is 12.1 Å². The molecule has 0 aliphatic rings. The number of aliphatic carboxylic acids is 1. The molecule has 0 spiro atoms. The number of rotatable bonds is 7. The van der Waals surface area contributed by atoms with E-state index in [1.54, 1.807) is 0 Å². The molecule has 0 heterocycles. The Bertz CT molecular complexity index is 479. The highest BCUT2D eigenvalue weighted by atomic mass is 35.5. The number of ether oxygens (including phenoxy) is 1. The van der Waals surface area contributed by atoms with Crippen molar-refractivity contribution >= 4 is 23.5 Å². The van der Waals surface area contributed by atoms with Gasteiger partial charge in [-0.1, -0.05) is 11.6 Å². The minimum absolute atomic E-state index is 0.0819. The summed E-state index contributed by atoms with van der Waals surface area (Å²) in [5.74, 6) is -0.877. The Balaban J connectivity index is 2.31. The Morgan fingerprint density at radius 1 is 1.25 bits per heavy atom. The summed E-state index contributed by atoms with van der Waals surface area (Å²) in [6.07, 6.45) is -0.357. The largest absolute Gasteiger partial charge is 0.550 e. The van der Waals surface area contributed by atoms with Gasteiger partial charge in [-0.2, -0.15) is 0 Å². The van der Waals surface area contributed by atoms with Gasteiger partial charge in [0.05, 0.1) is 6.54 Å². The van der Waals surface area contributed by atoms with E-state index in [1.165, 1.54) is 0 Å². The summed E-state index contributed by atoms with van der Waals surface area (Å²) in [5.41, 5.74) is 1.86. The first-order valence-electron chi connectivity index (χ1n) is 6.26. The number of hydrogen-bond donors (Lipinski definition) is 1. The van der Waals surface area contributed by atoms with Gasteiger partial charge in [0, 0.05) is 17.4 Å². The van der Waals surface area contributed by atoms with Crippen molar-refractivity contribution in [3.63, 3.8) is 0 Å². The molecule has 0 aromatic heterocycles. The van der Waals surface area contributed by atoms with Gasteiger partial charge in [-0.15, -0.1) is 0 Å². The molecular weight excluding hydrogens is 282 g/mol. The Labute approximate surface area is 122 Å². The molecule has 1 amide bonds. The zero-order valence-corrected chi connectivity index (χ0v) is 12.3. The highest BCUT2D eigenvalue weighted by Crippen LogP contribution is 2.25. The van der Waals surface area contributed by atoms with Crippen molar-refractivity contribution in [3.05, 3.63) is 28.3 Å². The summed E-state index contributed by atoms with van der Waals surface area (Å²) in [4.78, 5) is 21.4. The van der Waals surface area contributed by atoms with Crippen molar-refractivity contribution in [2.75, 3.05) is 13.2 Å². The molecule has 0 saturated carbocycles. The van der Waals surface area contributed by atoms with E-state index in [-0.39, 0.29) is 18.7 Å². The third kappa shape index (κ3) is 5.48. The second-order valence-corrected chi connectivity index (χ2v) is 4.82. The summed E-state index contributed by atoms with van der Waals surface area (Å²) in [5, 5.41) is 13.5.